The quantitative estimate of drug-likeness (QED) is 0.517. The Balaban J connectivity index is 1.66. The summed E-state index contributed by atoms with van der Waals surface area (Å²) in [7, 11) is 0. The van der Waals surface area contributed by atoms with Gasteiger partial charge in [-0.1, -0.05) is 60.2 Å². The fraction of sp³-hybridized carbons (Fsp3) is 0.0800. The normalized spacial score (nSPS) is 11.6. The largest absolute Gasteiger partial charge is 0.335 e. The van der Waals surface area contributed by atoms with Gasteiger partial charge in [-0.05, 0) is 43.3 Å². The highest BCUT2D eigenvalue weighted by Gasteiger charge is 2.25. The zero-order valence-corrected chi connectivity index (χ0v) is 16.5. The summed E-state index contributed by atoms with van der Waals surface area (Å²) in [5.41, 5.74) is 3.47. The van der Waals surface area contributed by atoms with E-state index in [9.17, 15) is 9.59 Å². The van der Waals surface area contributed by atoms with Crippen LogP contribution in [0.4, 0.5) is 5.69 Å². The van der Waals surface area contributed by atoms with Crippen molar-refractivity contribution in [3.8, 4) is 0 Å². The second kappa shape index (κ2) is 8.57. The lowest BCUT2D eigenvalue weighted by Gasteiger charge is -2.19. The predicted molar refractivity (Wildman–Crippen MR) is 118 cm³/mol. The maximum Gasteiger partial charge on any atom is 0.253 e. The summed E-state index contributed by atoms with van der Waals surface area (Å²) in [6.07, 6.45) is 0. The number of aromatic nitrogens is 1. The SMILES string of the molecule is Cc1ccc(NC(=O)C(NC(=O)c2ccccc2)c2ccc3ccccc3n2)cc1. The van der Waals surface area contributed by atoms with E-state index in [0.29, 0.717) is 16.9 Å². The van der Waals surface area contributed by atoms with Gasteiger partial charge in [0.2, 0.25) is 0 Å². The number of hydrogen-bond donors (Lipinski definition) is 2. The first-order valence-corrected chi connectivity index (χ1v) is 9.69. The molecule has 5 heteroatoms. The zero-order valence-electron chi connectivity index (χ0n) is 16.5. The predicted octanol–water partition coefficient (Wildman–Crippen LogP) is 4.65. The number of amides is 2. The van der Waals surface area contributed by atoms with E-state index in [1.54, 1.807) is 30.3 Å². The zero-order chi connectivity index (χ0) is 20.9. The third kappa shape index (κ3) is 4.36. The smallest absolute Gasteiger partial charge is 0.253 e. The third-order valence-corrected chi connectivity index (χ3v) is 4.81. The molecule has 2 N–H and O–H groups in total. The molecule has 4 aromatic rings. The minimum atomic E-state index is -0.941. The number of carbonyl (C=O) groups is 2. The van der Waals surface area contributed by atoms with Crippen LogP contribution in [0.3, 0.4) is 0 Å². The molecule has 0 aliphatic heterocycles. The first-order valence-electron chi connectivity index (χ1n) is 9.69. The molecule has 1 atom stereocenters. The van der Waals surface area contributed by atoms with Gasteiger partial charge in [0.05, 0.1) is 11.2 Å². The van der Waals surface area contributed by atoms with Crippen LogP contribution < -0.4 is 10.6 Å². The summed E-state index contributed by atoms with van der Waals surface area (Å²) in [6, 6.07) is 26.7. The van der Waals surface area contributed by atoms with Gasteiger partial charge in [-0.15, -0.1) is 0 Å². The molecule has 1 unspecified atom stereocenters. The Bertz CT molecular complexity index is 1190. The van der Waals surface area contributed by atoms with Crippen molar-refractivity contribution in [2.24, 2.45) is 0 Å². The summed E-state index contributed by atoms with van der Waals surface area (Å²) in [5.74, 6) is -0.694. The first kappa shape index (κ1) is 19.3. The van der Waals surface area contributed by atoms with Crippen molar-refractivity contribution in [2.75, 3.05) is 5.32 Å². The molecule has 0 fully saturated rings. The fourth-order valence-electron chi connectivity index (χ4n) is 3.17. The number of nitrogens with one attached hydrogen (secondary N) is 2. The Hall–Kier alpha value is -3.99. The van der Waals surface area contributed by atoms with E-state index in [-0.39, 0.29) is 11.8 Å². The summed E-state index contributed by atoms with van der Waals surface area (Å²) in [6.45, 7) is 1.98. The van der Waals surface area contributed by atoms with Gasteiger partial charge in [0.1, 0.15) is 0 Å². The summed E-state index contributed by atoms with van der Waals surface area (Å²) >= 11 is 0. The van der Waals surface area contributed by atoms with Crippen LogP contribution in [0.25, 0.3) is 10.9 Å². The Kier molecular flexibility index (Phi) is 5.52. The van der Waals surface area contributed by atoms with Crippen LogP contribution in [0.1, 0.15) is 27.7 Å². The Morgan fingerprint density at radius 3 is 2.27 bits per heavy atom. The molecule has 1 heterocycles. The van der Waals surface area contributed by atoms with Crippen LogP contribution in [-0.2, 0) is 4.79 Å². The number of para-hydroxylation sites is 1. The minimum absolute atomic E-state index is 0.338. The third-order valence-electron chi connectivity index (χ3n) is 4.81. The number of pyridine rings is 1. The second-order valence-electron chi connectivity index (χ2n) is 7.06. The molecule has 0 aliphatic carbocycles. The van der Waals surface area contributed by atoms with Crippen molar-refractivity contribution >= 4 is 28.4 Å². The minimum Gasteiger partial charge on any atom is -0.335 e. The molecule has 0 aliphatic rings. The molecule has 0 saturated carbocycles. The van der Waals surface area contributed by atoms with Crippen molar-refractivity contribution in [1.29, 1.82) is 0 Å². The molecule has 0 bridgehead atoms. The standard InChI is InChI=1S/C25H21N3O2/c1-17-11-14-20(15-12-17)26-25(30)23(28-24(29)19-8-3-2-4-9-19)22-16-13-18-7-5-6-10-21(18)27-22/h2-16,23H,1H3,(H,26,30)(H,28,29). The molecule has 148 valence electrons. The number of rotatable bonds is 5. The van der Waals surface area contributed by atoms with E-state index in [4.69, 9.17) is 0 Å². The number of benzene rings is 3. The highest BCUT2D eigenvalue weighted by Crippen LogP contribution is 2.20. The summed E-state index contributed by atoms with van der Waals surface area (Å²) in [4.78, 5) is 30.5. The molecule has 2 amide bonds. The van der Waals surface area contributed by atoms with Crippen molar-refractivity contribution in [3.63, 3.8) is 0 Å². The molecule has 3 aromatic carbocycles. The van der Waals surface area contributed by atoms with Crippen LogP contribution in [0.15, 0.2) is 91.0 Å². The summed E-state index contributed by atoms with van der Waals surface area (Å²) < 4.78 is 0. The highest BCUT2D eigenvalue weighted by atomic mass is 16.2. The number of nitrogens with zero attached hydrogens (tertiary/aromatic N) is 1. The Morgan fingerprint density at radius 2 is 1.50 bits per heavy atom. The van der Waals surface area contributed by atoms with Crippen molar-refractivity contribution < 1.29 is 9.59 Å². The van der Waals surface area contributed by atoms with Gasteiger partial charge in [-0.3, -0.25) is 14.6 Å². The topological polar surface area (TPSA) is 71.1 Å². The number of carbonyl (C=O) groups excluding carboxylic acids is 2. The number of fused-ring (bicyclic) bond motifs is 1. The van der Waals surface area contributed by atoms with Crippen LogP contribution in [0.2, 0.25) is 0 Å². The van der Waals surface area contributed by atoms with Gasteiger partial charge in [0, 0.05) is 16.6 Å². The molecule has 1 aromatic heterocycles. The maximum absolute atomic E-state index is 13.1. The van der Waals surface area contributed by atoms with Crippen molar-refractivity contribution in [1.82, 2.24) is 10.3 Å². The van der Waals surface area contributed by atoms with Gasteiger partial charge >= 0.3 is 0 Å². The molecule has 0 radical (unpaired) electrons. The van der Waals surface area contributed by atoms with Crippen molar-refractivity contribution in [3.05, 3.63) is 108 Å². The molecule has 0 saturated heterocycles. The van der Waals surface area contributed by atoms with E-state index < -0.39 is 6.04 Å². The van der Waals surface area contributed by atoms with E-state index in [0.717, 1.165) is 16.5 Å². The molecular weight excluding hydrogens is 374 g/mol. The van der Waals surface area contributed by atoms with Gasteiger partial charge in [-0.2, -0.15) is 0 Å². The van der Waals surface area contributed by atoms with Gasteiger partial charge < -0.3 is 10.6 Å². The molecule has 4 rings (SSSR count). The van der Waals surface area contributed by atoms with Crippen molar-refractivity contribution in [2.45, 2.75) is 13.0 Å². The Morgan fingerprint density at radius 1 is 0.800 bits per heavy atom. The molecule has 0 spiro atoms. The van der Waals surface area contributed by atoms with E-state index in [1.165, 1.54) is 0 Å². The van der Waals surface area contributed by atoms with Gasteiger partial charge in [0.25, 0.3) is 11.8 Å². The van der Waals surface area contributed by atoms with Gasteiger partial charge in [-0.25, -0.2) is 0 Å². The number of anilines is 1. The number of hydrogen-bond acceptors (Lipinski definition) is 3. The maximum atomic E-state index is 13.1. The fourth-order valence-corrected chi connectivity index (χ4v) is 3.17. The highest BCUT2D eigenvalue weighted by molar-refractivity contribution is 6.01. The van der Waals surface area contributed by atoms with E-state index >= 15 is 0 Å². The van der Waals surface area contributed by atoms with E-state index in [2.05, 4.69) is 15.6 Å². The lowest BCUT2D eigenvalue weighted by atomic mass is 10.1. The van der Waals surface area contributed by atoms with Crippen LogP contribution in [-0.4, -0.2) is 16.8 Å². The Labute approximate surface area is 174 Å². The second-order valence-corrected chi connectivity index (χ2v) is 7.06. The van der Waals surface area contributed by atoms with Crippen LogP contribution >= 0.6 is 0 Å². The van der Waals surface area contributed by atoms with Gasteiger partial charge in [0.15, 0.2) is 6.04 Å². The first-order chi connectivity index (χ1) is 14.6. The molecule has 30 heavy (non-hydrogen) atoms. The average Bonchev–Trinajstić information content (AvgIpc) is 2.79. The molecular formula is C25H21N3O2. The summed E-state index contributed by atoms with van der Waals surface area (Å²) in [5, 5.41) is 6.68. The average molecular weight is 395 g/mol. The number of aryl methyl sites for hydroxylation is 1. The van der Waals surface area contributed by atoms with Crippen LogP contribution in [0, 0.1) is 6.92 Å². The molecule has 5 nitrogen and oxygen atoms in total. The monoisotopic (exact) mass is 395 g/mol. The van der Waals surface area contributed by atoms with E-state index in [1.807, 2.05) is 67.6 Å². The van der Waals surface area contributed by atoms with Crippen LogP contribution in [0.5, 0.6) is 0 Å². The lowest BCUT2D eigenvalue weighted by Crippen LogP contribution is -2.37. The lowest BCUT2D eigenvalue weighted by molar-refractivity contribution is -0.118.